The van der Waals surface area contributed by atoms with Crippen LogP contribution < -0.4 is 10.9 Å². The molecule has 1 aliphatic heterocycles. The van der Waals surface area contributed by atoms with Crippen LogP contribution in [0.2, 0.25) is 0 Å². The lowest BCUT2D eigenvalue weighted by Gasteiger charge is -2.38. The van der Waals surface area contributed by atoms with Crippen molar-refractivity contribution in [3.63, 3.8) is 0 Å². The van der Waals surface area contributed by atoms with Gasteiger partial charge in [0.15, 0.2) is 0 Å². The predicted molar refractivity (Wildman–Crippen MR) is 102 cm³/mol. The number of rotatable bonds is 4. The van der Waals surface area contributed by atoms with Crippen LogP contribution >= 0.6 is 0 Å². The first-order chi connectivity index (χ1) is 13.6. The van der Waals surface area contributed by atoms with Gasteiger partial charge in [-0.15, -0.1) is 0 Å². The number of H-pyrrole nitrogens is 1. The fourth-order valence-electron chi connectivity index (χ4n) is 3.74. The summed E-state index contributed by atoms with van der Waals surface area (Å²) in [6.07, 6.45) is 1.23. The van der Waals surface area contributed by atoms with E-state index in [-0.39, 0.29) is 23.7 Å². The van der Waals surface area contributed by atoms with E-state index in [1.807, 2.05) is 6.07 Å². The summed E-state index contributed by atoms with van der Waals surface area (Å²) in [5.41, 5.74) is 0.465. The first-order valence-electron chi connectivity index (χ1n) is 9.18. The van der Waals surface area contributed by atoms with Crippen LogP contribution in [0.25, 0.3) is 10.8 Å². The highest BCUT2D eigenvalue weighted by Crippen LogP contribution is 2.32. The predicted octanol–water partition coefficient (Wildman–Crippen LogP) is 2.43. The molecule has 2 N–H and O–H groups in total. The Labute approximate surface area is 160 Å². The van der Waals surface area contributed by atoms with Crippen LogP contribution in [-0.4, -0.2) is 29.3 Å². The lowest BCUT2D eigenvalue weighted by Crippen LogP contribution is -2.50. The summed E-state index contributed by atoms with van der Waals surface area (Å²) in [5, 5.41) is 10.8. The number of hydrogen-bond donors (Lipinski definition) is 2. The molecule has 0 aliphatic carbocycles. The number of ether oxygens (including phenoxy) is 1. The second-order valence-electron chi connectivity index (χ2n) is 6.97. The fraction of sp³-hybridized carbons (Fsp3) is 0.286. The zero-order valence-electron chi connectivity index (χ0n) is 15.2. The maximum Gasteiger partial charge on any atom is 0.272 e. The summed E-state index contributed by atoms with van der Waals surface area (Å²) < 4.78 is 18.8. The van der Waals surface area contributed by atoms with Crippen molar-refractivity contribution in [1.82, 2.24) is 15.5 Å². The van der Waals surface area contributed by atoms with Crippen LogP contribution in [0.15, 0.2) is 53.3 Å². The summed E-state index contributed by atoms with van der Waals surface area (Å²) in [6.45, 7) is 1.02. The van der Waals surface area contributed by atoms with E-state index in [9.17, 15) is 14.0 Å². The summed E-state index contributed by atoms with van der Waals surface area (Å²) in [6, 6.07) is 13.3. The third kappa shape index (κ3) is 3.53. The minimum absolute atomic E-state index is 0.0289. The second-order valence-corrected chi connectivity index (χ2v) is 6.97. The first kappa shape index (κ1) is 18.3. The maximum atomic E-state index is 13.4. The molecular weight excluding hydrogens is 361 g/mol. The highest BCUT2D eigenvalue weighted by Gasteiger charge is 2.36. The number of carbonyl (C=O) groups is 1. The fourth-order valence-corrected chi connectivity index (χ4v) is 3.74. The van der Waals surface area contributed by atoms with Gasteiger partial charge in [0.1, 0.15) is 5.82 Å². The number of aromatic nitrogens is 2. The molecule has 1 fully saturated rings. The van der Waals surface area contributed by atoms with Crippen LogP contribution in [0.3, 0.4) is 0 Å². The van der Waals surface area contributed by atoms with Crippen molar-refractivity contribution in [1.29, 1.82) is 0 Å². The zero-order valence-corrected chi connectivity index (χ0v) is 15.2. The van der Waals surface area contributed by atoms with Gasteiger partial charge in [0.05, 0.1) is 23.0 Å². The second kappa shape index (κ2) is 7.52. The summed E-state index contributed by atoms with van der Waals surface area (Å²) in [7, 11) is 0. The highest BCUT2D eigenvalue weighted by atomic mass is 19.1. The van der Waals surface area contributed by atoms with Crippen LogP contribution in [0, 0.1) is 5.82 Å². The number of fused-ring (bicyclic) bond motifs is 1. The topological polar surface area (TPSA) is 84.1 Å². The van der Waals surface area contributed by atoms with Crippen molar-refractivity contribution >= 4 is 16.7 Å². The molecule has 0 unspecified atom stereocenters. The molecule has 2 aromatic carbocycles. The van der Waals surface area contributed by atoms with Gasteiger partial charge in [-0.1, -0.05) is 30.3 Å². The molecule has 144 valence electrons. The van der Waals surface area contributed by atoms with Gasteiger partial charge in [0.2, 0.25) is 5.91 Å². The Morgan fingerprint density at radius 3 is 2.50 bits per heavy atom. The van der Waals surface area contributed by atoms with Gasteiger partial charge in [-0.05, 0) is 36.6 Å². The number of halogens is 1. The van der Waals surface area contributed by atoms with Crippen molar-refractivity contribution < 1.29 is 13.9 Å². The SMILES string of the molecule is O=C(Cc1n[nH]c(=O)c2ccccc12)NC1(c2ccc(F)cc2)CCOCC1. The lowest BCUT2D eigenvalue weighted by molar-refractivity contribution is -0.123. The van der Waals surface area contributed by atoms with Crippen molar-refractivity contribution in [2.45, 2.75) is 24.8 Å². The standard InChI is InChI=1S/C21H20FN3O3/c22-15-7-5-14(6-8-15)21(9-11-28-12-10-21)23-19(26)13-18-16-3-1-2-4-17(16)20(27)25-24-18/h1-8H,9-13H2,(H,23,26)(H,25,27). The van der Waals surface area contributed by atoms with Gasteiger partial charge < -0.3 is 10.1 Å². The molecule has 3 aromatic rings. The highest BCUT2D eigenvalue weighted by molar-refractivity contribution is 5.88. The average molecular weight is 381 g/mol. The van der Waals surface area contributed by atoms with Gasteiger partial charge >= 0.3 is 0 Å². The van der Waals surface area contributed by atoms with Gasteiger partial charge in [0.25, 0.3) is 5.56 Å². The first-order valence-corrected chi connectivity index (χ1v) is 9.18. The molecule has 2 heterocycles. The Morgan fingerprint density at radius 1 is 1.11 bits per heavy atom. The quantitative estimate of drug-likeness (QED) is 0.727. The molecule has 1 amide bonds. The Bertz CT molecular complexity index is 1060. The molecule has 0 atom stereocenters. The van der Waals surface area contributed by atoms with E-state index in [1.54, 1.807) is 30.3 Å². The minimum atomic E-state index is -0.610. The molecule has 0 bridgehead atoms. The molecule has 0 spiro atoms. The van der Waals surface area contributed by atoms with Crippen molar-refractivity contribution in [2.24, 2.45) is 0 Å². The smallest absolute Gasteiger partial charge is 0.272 e. The van der Waals surface area contributed by atoms with Crippen LogP contribution in [-0.2, 0) is 21.5 Å². The number of aromatic amines is 1. The van der Waals surface area contributed by atoms with E-state index in [1.165, 1.54) is 12.1 Å². The molecule has 1 aliphatic rings. The number of nitrogens with one attached hydrogen (secondary N) is 2. The molecule has 7 heteroatoms. The molecule has 28 heavy (non-hydrogen) atoms. The molecule has 1 aromatic heterocycles. The maximum absolute atomic E-state index is 13.4. The molecule has 4 rings (SSSR count). The van der Waals surface area contributed by atoms with E-state index in [4.69, 9.17) is 4.74 Å². The zero-order chi connectivity index (χ0) is 19.6. The number of amides is 1. The molecule has 0 saturated carbocycles. The van der Waals surface area contributed by atoms with E-state index >= 15 is 0 Å². The Kier molecular flexibility index (Phi) is 4.92. The summed E-state index contributed by atoms with van der Waals surface area (Å²) in [5.74, 6) is -0.530. The Morgan fingerprint density at radius 2 is 1.79 bits per heavy atom. The van der Waals surface area contributed by atoms with Gasteiger partial charge in [-0.3, -0.25) is 9.59 Å². The van der Waals surface area contributed by atoms with Crippen LogP contribution in [0.5, 0.6) is 0 Å². The normalized spacial score (nSPS) is 16.0. The number of nitrogens with zero attached hydrogens (tertiary/aromatic N) is 1. The van der Waals surface area contributed by atoms with Crippen LogP contribution in [0.1, 0.15) is 24.1 Å². The summed E-state index contributed by atoms with van der Waals surface area (Å²) >= 11 is 0. The van der Waals surface area contributed by atoms with Crippen LogP contribution in [0.4, 0.5) is 4.39 Å². The Hall–Kier alpha value is -3.06. The van der Waals surface area contributed by atoms with E-state index < -0.39 is 5.54 Å². The third-order valence-corrected chi connectivity index (χ3v) is 5.22. The number of benzene rings is 2. The molecule has 6 nitrogen and oxygen atoms in total. The van der Waals surface area contributed by atoms with Gasteiger partial charge in [0, 0.05) is 18.6 Å². The molecular formula is C21H20FN3O3. The number of hydrogen-bond acceptors (Lipinski definition) is 4. The lowest BCUT2D eigenvalue weighted by atomic mass is 9.82. The van der Waals surface area contributed by atoms with E-state index in [0.717, 1.165) is 5.56 Å². The van der Waals surface area contributed by atoms with Crippen molar-refractivity contribution in [3.8, 4) is 0 Å². The minimum Gasteiger partial charge on any atom is -0.381 e. The molecule has 0 radical (unpaired) electrons. The molecule has 1 saturated heterocycles. The Balaban J connectivity index is 1.62. The third-order valence-electron chi connectivity index (χ3n) is 5.22. The monoisotopic (exact) mass is 381 g/mol. The van der Waals surface area contributed by atoms with Crippen molar-refractivity contribution in [3.05, 3.63) is 76.0 Å². The number of carbonyl (C=O) groups excluding carboxylic acids is 1. The average Bonchev–Trinajstić information content (AvgIpc) is 2.71. The van der Waals surface area contributed by atoms with Crippen molar-refractivity contribution in [2.75, 3.05) is 13.2 Å². The largest absolute Gasteiger partial charge is 0.381 e. The van der Waals surface area contributed by atoms with Gasteiger partial charge in [-0.2, -0.15) is 5.10 Å². The van der Waals surface area contributed by atoms with E-state index in [0.29, 0.717) is 42.5 Å². The van der Waals surface area contributed by atoms with E-state index in [2.05, 4.69) is 15.5 Å². The summed E-state index contributed by atoms with van der Waals surface area (Å²) in [4.78, 5) is 24.8. The van der Waals surface area contributed by atoms with Gasteiger partial charge in [-0.25, -0.2) is 9.49 Å².